The quantitative estimate of drug-likeness (QED) is 0.603. The van der Waals surface area contributed by atoms with Crippen molar-refractivity contribution in [2.75, 3.05) is 12.4 Å². The van der Waals surface area contributed by atoms with Gasteiger partial charge in [0.15, 0.2) is 0 Å². The van der Waals surface area contributed by atoms with E-state index in [-0.39, 0.29) is 0 Å². The highest BCUT2D eigenvalue weighted by atomic mass is 35.5. The number of ether oxygens (including phenoxy) is 1. The summed E-state index contributed by atoms with van der Waals surface area (Å²) < 4.78 is 6.08. The van der Waals surface area contributed by atoms with E-state index in [4.69, 9.17) is 16.3 Å². The molecule has 3 nitrogen and oxygen atoms in total. The first-order valence-corrected chi connectivity index (χ1v) is 8.58. The van der Waals surface area contributed by atoms with Crippen molar-refractivity contribution in [3.63, 3.8) is 0 Å². The van der Waals surface area contributed by atoms with Gasteiger partial charge in [-0.3, -0.25) is 0 Å². The Labute approximate surface area is 153 Å². The average Bonchev–Trinajstić information content (AvgIpc) is 2.62. The minimum absolute atomic E-state index is 0.508. The van der Waals surface area contributed by atoms with Crippen molar-refractivity contribution in [3.8, 4) is 16.9 Å². The van der Waals surface area contributed by atoms with Crippen LogP contribution >= 0.6 is 11.6 Å². The number of rotatable bonds is 5. The summed E-state index contributed by atoms with van der Waals surface area (Å²) in [5.74, 6) is 0.870. The van der Waals surface area contributed by atoms with Crippen LogP contribution in [0, 0.1) is 13.8 Å². The van der Waals surface area contributed by atoms with Crippen LogP contribution in [0.25, 0.3) is 11.1 Å². The fourth-order valence-electron chi connectivity index (χ4n) is 2.86. The number of halogens is 1. The molecule has 25 heavy (non-hydrogen) atoms. The van der Waals surface area contributed by atoms with Crippen molar-refractivity contribution >= 4 is 17.3 Å². The van der Waals surface area contributed by atoms with E-state index in [2.05, 4.69) is 35.4 Å². The summed E-state index contributed by atoms with van der Waals surface area (Å²) in [6, 6.07) is 16.1. The number of benzene rings is 2. The maximum atomic E-state index is 6.19. The molecule has 0 aliphatic rings. The minimum atomic E-state index is 0.508. The molecule has 128 valence electrons. The van der Waals surface area contributed by atoms with Gasteiger partial charge in [-0.2, -0.15) is 0 Å². The van der Waals surface area contributed by atoms with Crippen LogP contribution in [0.3, 0.4) is 0 Å². The maximum absolute atomic E-state index is 6.19. The Morgan fingerprint density at radius 1 is 1.04 bits per heavy atom. The molecule has 0 saturated heterocycles. The van der Waals surface area contributed by atoms with Crippen LogP contribution in [-0.2, 0) is 6.61 Å². The van der Waals surface area contributed by atoms with Crippen LogP contribution in [0.5, 0.6) is 5.75 Å². The van der Waals surface area contributed by atoms with Gasteiger partial charge in [0.25, 0.3) is 0 Å². The predicted octanol–water partition coefficient (Wildman–Crippen LogP) is 5.64. The molecule has 0 aliphatic carbocycles. The van der Waals surface area contributed by atoms with Gasteiger partial charge in [0.1, 0.15) is 17.5 Å². The number of aryl methyl sites for hydroxylation is 2. The van der Waals surface area contributed by atoms with E-state index in [1.165, 1.54) is 11.1 Å². The van der Waals surface area contributed by atoms with E-state index in [0.29, 0.717) is 11.8 Å². The van der Waals surface area contributed by atoms with Gasteiger partial charge in [0.2, 0.25) is 0 Å². The second kappa shape index (κ2) is 7.58. The lowest BCUT2D eigenvalue weighted by Gasteiger charge is -2.15. The number of nitrogens with zero attached hydrogens (tertiary/aromatic N) is 1. The van der Waals surface area contributed by atoms with Crippen LogP contribution < -0.4 is 10.1 Å². The molecule has 0 radical (unpaired) electrons. The molecule has 4 heteroatoms. The lowest BCUT2D eigenvalue weighted by Crippen LogP contribution is -2.03. The standard InChI is InChI=1S/C21H21ClN2O/c1-14-6-4-8-19(23-3)18(14)13-25-20-10-9-16(12-15(20)2)17-7-5-11-24-21(17)22/h4-12,23H,13H2,1-3H3. The monoisotopic (exact) mass is 352 g/mol. The van der Waals surface area contributed by atoms with Gasteiger partial charge in [-0.15, -0.1) is 0 Å². The first kappa shape index (κ1) is 17.3. The van der Waals surface area contributed by atoms with E-state index >= 15 is 0 Å². The van der Waals surface area contributed by atoms with Crippen LogP contribution in [0.15, 0.2) is 54.7 Å². The summed E-state index contributed by atoms with van der Waals surface area (Å²) in [6.07, 6.45) is 1.69. The largest absolute Gasteiger partial charge is 0.489 e. The molecule has 1 aromatic heterocycles. The summed E-state index contributed by atoms with van der Waals surface area (Å²) in [5.41, 5.74) is 6.51. The van der Waals surface area contributed by atoms with Crippen molar-refractivity contribution in [2.45, 2.75) is 20.5 Å². The third-order valence-corrected chi connectivity index (χ3v) is 4.60. The number of pyridine rings is 1. The van der Waals surface area contributed by atoms with Crippen LogP contribution in [0.2, 0.25) is 5.15 Å². The Bertz CT molecular complexity index is 893. The average molecular weight is 353 g/mol. The molecule has 0 amide bonds. The van der Waals surface area contributed by atoms with Crippen LogP contribution in [0.1, 0.15) is 16.7 Å². The summed E-state index contributed by atoms with van der Waals surface area (Å²) in [5, 5.41) is 3.73. The summed E-state index contributed by atoms with van der Waals surface area (Å²) in [6.45, 7) is 4.66. The third kappa shape index (κ3) is 3.77. The highest BCUT2D eigenvalue weighted by Crippen LogP contribution is 2.30. The first-order valence-electron chi connectivity index (χ1n) is 8.20. The van der Waals surface area contributed by atoms with Crippen LogP contribution in [-0.4, -0.2) is 12.0 Å². The van der Waals surface area contributed by atoms with Gasteiger partial charge in [0.05, 0.1) is 0 Å². The van der Waals surface area contributed by atoms with Gasteiger partial charge in [-0.1, -0.05) is 29.8 Å². The number of nitrogens with one attached hydrogen (secondary N) is 1. The fourth-order valence-corrected chi connectivity index (χ4v) is 3.09. The Kier molecular flexibility index (Phi) is 5.25. The van der Waals surface area contributed by atoms with Gasteiger partial charge in [-0.25, -0.2) is 4.98 Å². The van der Waals surface area contributed by atoms with Gasteiger partial charge in [0, 0.05) is 30.1 Å². The molecule has 1 heterocycles. The van der Waals surface area contributed by atoms with Gasteiger partial charge >= 0.3 is 0 Å². The normalized spacial score (nSPS) is 10.6. The zero-order valence-corrected chi connectivity index (χ0v) is 15.4. The zero-order valence-electron chi connectivity index (χ0n) is 14.6. The molecular formula is C21H21ClN2O. The van der Waals surface area contributed by atoms with Gasteiger partial charge in [-0.05, 0) is 60.9 Å². The lowest BCUT2D eigenvalue weighted by atomic mass is 10.0. The SMILES string of the molecule is CNc1cccc(C)c1COc1ccc(-c2cccnc2Cl)cc1C. The number of hydrogen-bond acceptors (Lipinski definition) is 3. The topological polar surface area (TPSA) is 34.1 Å². The molecule has 0 saturated carbocycles. The second-order valence-electron chi connectivity index (χ2n) is 5.96. The number of anilines is 1. The Morgan fingerprint density at radius 3 is 2.60 bits per heavy atom. The molecular weight excluding hydrogens is 332 g/mol. The highest BCUT2D eigenvalue weighted by molar-refractivity contribution is 6.32. The van der Waals surface area contributed by atoms with Crippen molar-refractivity contribution in [3.05, 3.63) is 76.6 Å². The zero-order chi connectivity index (χ0) is 17.8. The maximum Gasteiger partial charge on any atom is 0.136 e. The molecule has 0 unspecified atom stereocenters. The van der Waals surface area contributed by atoms with E-state index in [0.717, 1.165) is 28.1 Å². The fraction of sp³-hybridized carbons (Fsp3) is 0.190. The molecule has 3 aromatic rings. The molecule has 0 fully saturated rings. The highest BCUT2D eigenvalue weighted by Gasteiger charge is 2.09. The van der Waals surface area contributed by atoms with Crippen molar-refractivity contribution < 1.29 is 4.74 Å². The number of aromatic nitrogens is 1. The molecule has 0 atom stereocenters. The van der Waals surface area contributed by atoms with Gasteiger partial charge < -0.3 is 10.1 Å². The summed E-state index contributed by atoms with van der Waals surface area (Å²) >= 11 is 6.19. The Hall–Kier alpha value is -2.52. The van der Waals surface area contributed by atoms with E-state index in [1.807, 2.05) is 44.3 Å². The molecule has 0 bridgehead atoms. The minimum Gasteiger partial charge on any atom is -0.489 e. The molecule has 0 spiro atoms. The van der Waals surface area contributed by atoms with E-state index < -0.39 is 0 Å². The Balaban J connectivity index is 1.82. The second-order valence-corrected chi connectivity index (χ2v) is 6.32. The first-order chi connectivity index (χ1) is 12.1. The van der Waals surface area contributed by atoms with Crippen molar-refractivity contribution in [1.29, 1.82) is 0 Å². The smallest absolute Gasteiger partial charge is 0.136 e. The van der Waals surface area contributed by atoms with Crippen molar-refractivity contribution in [2.24, 2.45) is 0 Å². The van der Waals surface area contributed by atoms with Crippen molar-refractivity contribution in [1.82, 2.24) is 4.98 Å². The summed E-state index contributed by atoms with van der Waals surface area (Å²) in [7, 11) is 1.93. The lowest BCUT2D eigenvalue weighted by molar-refractivity contribution is 0.304. The number of hydrogen-bond donors (Lipinski definition) is 1. The molecule has 2 aromatic carbocycles. The third-order valence-electron chi connectivity index (χ3n) is 4.30. The Morgan fingerprint density at radius 2 is 1.88 bits per heavy atom. The molecule has 1 N–H and O–H groups in total. The molecule has 0 aliphatic heterocycles. The predicted molar refractivity (Wildman–Crippen MR) is 104 cm³/mol. The molecule has 3 rings (SSSR count). The summed E-state index contributed by atoms with van der Waals surface area (Å²) in [4.78, 5) is 4.14. The van der Waals surface area contributed by atoms with Crippen LogP contribution in [0.4, 0.5) is 5.69 Å². The van der Waals surface area contributed by atoms with E-state index in [1.54, 1.807) is 6.20 Å². The van der Waals surface area contributed by atoms with E-state index in [9.17, 15) is 0 Å².